The Morgan fingerprint density at radius 1 is 1.13 bits per heavy atom. The standard InChI is InChI=1S/C23H25N3O3S/c27-22(18-5-3-13-29-18)25-23-20(17-4-1-2-6-19(17)30-23)21(16-7-9-24-10-8-16)26-11-14-28-15-12-26/h3,5,7-10,13,21H,1-2,4,6,11-12,14-15H2,(H,25,27). The molecule has 30 heavy (non-hydrogen) atoms. The van der Waals surface area contributed by atoms with Gasteiger partial charge in [-0.3, -0.25) is 14.7 Å². The zero-order valence-electron chi connectivity index (χ0n) is 16.8. The number of anilines is 1. The number of carbonyl (C=O) groups is 1. The molecule has 4 heterocycles. The van der Waals surface area contributed by atoms with E-state index in [-0.39, 0.29) is 11.9 Å². The molecule has 1 unspecified atom stereocenters. The Kier molecular flexibility index (Phi) is 5.66. The summed E-state index contributed by atoms with van der Waals surface area (Å²) in [4.78, 5) is 20.9. The van der Waals surface area contributed by atoms with Crippen molar-refractivity contribution in [2.24, 2.45) is 0 Å². The molecule has 0 bridgehead atoms. The zero-order valence-corrected chi connectivity index (χ0v) is 17.6. The van der Waals surface area contributed by atoms with Crippen LogP contribution >= 0.6 is 11.3 Å². The van der Waals surface area contributed by atoms with Gasteiger partial charge in [0.05, 0.1) is 25.5 Å². The number of nitrogens with one attached hydrogen (secondary N) is 1. The van der Waals surface area contributed by atoms with E-state index in [9.17, 15) is 4.79 Å². The highest BCUT2D eigenvalue weighted by Crippen LogP contribution is 2.45. The molecule has 3 aromatic heterocycles. The van der Waals surface area contributed by atoms with Gasteiger partial charge in [0.15, 0.2) is 5.76 Å². The Morgan fingerprint density at radius 2 is 1.93 bits per heavy atom. The summed E-state index contributed by atoms with van der Waals surface area (Å²) in [7, 11) is 0. The van der Waals surface area contributed by atoms with Crippen LogP contribution in [0.15, 0.2) is 47.3 Å². The largest absolute Gasteiger partial charge is 0.459 e. The van der Waals surface area contributed by atoms with E-state index in [0.717, 1.165) is 44.1 Å². The SMILES string of the molecule is O=C(Nc1sc2c(c1C(c1ccncc1)N1CCOCC1)CCCC2)c1ccco1. The predicted octanol–water partition coefficient (Wildman–Crippen LogP) is 4.29. The minimum atomic E-state index is -0.199. The quantitative estimate of drug-likeness (QED) is 0.663. The van der Waals surface area contributed by atoms with Gasteiger partial charge in [-0.25, -0.2) is 0 Å². The molecule has 6 nitrogen and oxygen atoms in total. The molecule has 1 aliphatic carbocycles. The molecule has 1 atom stereocenters. The second kappa shape index (κ2) is 8.71. The number of hydrogen-bond donors (Lipinski definition) is 1. The number of fused-ring (bicyclic) bond motifs is 1. The van der Waals surface area contributed by atoms with E-state index in [4.69, 9.17) is 9.15 Å². The maximum atomic E-state index is 12.8. The third kappa shape index (κ3) is 3.80. The number of morpholine rings is 1. The molecule has 7 heteroatoms. The van der Waals surface area contributed by atoms with E-state index in [2.05, 4.69) is 27.3 Å². The number of pyridine rings is 1. The van der Waals surface area contributed by atoms with E-state index in [0.29, 0.717) is 5.76 Å². The number of thiophene rings is 1. The van der Waals surface area contributed by atoms with E-state index < -0.39 is 0 Å². The van der Waals surface area contributed by atoms with Crippen LogP contribution in [0.3, 0.4) is 0 Å². The van der Waals surface area contributed by atoms with Gasteiger partial charge in [0.2, 0.25) is 0 Å². The van der Waals surface area contributed by atoms with Crippen LogP contribution in [0.4, 0.5) is 5.00 Å². The molecule has 5 rings (SSSR count). The van der Waals surface area contributed by atoms with Gasteiger partial charge in [-0.2, -0.15) is 0 Å². The number of carbonyl (C=O) groups excluding carboxylic acids is 1. The predicted molar refractivity (Wildman–Crippen MR) is 116 cm³/mol. The van der Waals surface area contributed by atoms with Gasteiger partial charge in [-0.1, -0.05) is 0 Å². The number of ether oxygens (including phenoxy) is 1. The minimum absolute atomic E-state index is 0.0712. The summed E-state index contributed by atoms with van der Waals surface area (Å²) in [5.41, 5.74) is 3.85. The van der Waals surface area contributed by atoms with E-state index in [1.54, 1.807) is 23.5 Å². The Hall–Kier alpha value is -2.48. The average molecular weight is 424 g/mol. The first-order valence-corrected chi connectivity index (χ1v) is 11.3. The average Bonchev–Trinajstić information content (AvgIpc) is 3.45. The summed E-state index contributed by atoms with van der Waals surface area (Å²) in [5, 5.41) is 4.11. The molecule has 0 spiro atoms. The molecule has 1 saturated heterocycles. The molecule has 1 fully saturated rings. The Balaban J connectivity index is 1.60. The molecule has 1 N–H and O–H groups in total. The number of aryl methyl sites for hydroxylation is 1. The summed E-state index contributed by atoms with van der Waals surface area (Å²) >= 11 is 1.73. The van der Waals surface area contributed by atoms with E-state index in [1.165, 1.54) is 40.7 Å². The van der Waals surface area contributed by atoms with Crippen LogP contribution in [0.5, 0.6) is 0 Å². The van der Waals surface area contributed by atoms with Crippen LogP contribution in [-0.4, -0.2) is 42.1 Å². The normalized spacial score (nSPS) is 18.0. The van der Waals surface area contributed by atoms with Gasteiger partial charge in [0, 0.05) is 35.9 Å². The lowest BCUT2D eigenvalue weighted by Crippen LogP contribution is -2.40. The fourth-order valence-corrected chi connectivity index (χ4v) is 5.80. The number of amides is 1. The summed E-state index contributed by atoms with van der Waals surface area (Å²) in [6.45, 7) is 3.18. The smallest absolute Gasteiger partial charge is 0.291 e. The van der Waals surface area contributed by atoms with Crippen molar-refractivity contribution in [2.45, 2.75) is 31.7 Å². The molecule has 3 aromatic rings. The molecule has 0 saturated carbocycles. The topological polar surface area (TPSA) is 67.6 Å². The molecule has 1 aliphatic heterocycles. The minimum Gasteiger partial charge on any atom is -0.459 e. The lowest BCUT2D eigenvalue weighted by atomic mass is 9.89. The number of furan rings is 1. The van der Waals surface area contributed by atoms with Crippen molar-refractivity contribution >= 4 is 22.2 Å². The molecule has 156 valence electrons. The zero-order chi connectivity index (χ0) is 20.3. The van der Waals surface area contributed by atoms with Gasteiger partial charge in [0.1, 0.15) is 5.00 Å². The van der Waals surface area contributed by atoms with Crippen molar-refractivity contribution in [2.75, 3.05) is 31.6 Å². The maximum absolute atomic E-state index is 12.8. The van der Waals surface area contributed by atoms with E-state index >= 15 is 0 Å². The first kappa shape index (κ1) is 19.5. The monoisotopic (exact) mass is 423 g/mol. The molecule has 0 radical (unpaired) electrons. The highest BCUT2D eigenvalue weighted by atomic mass is 32.1. The fourth-order valence-electron chi connectivity index (χ4n) is 4.49. The van der Waals surface area contributed by atoms with Crippen LogP contribution in [-0.2, 0) is 17.6 Å². The van der Waals surface area contributed by atoms with Crippen molar-refractivity contribution in [3.05, 3.63) is 70.3 Å². The van der Waals surface area contributed by atoms with Gasteiger partial charge >= 0.3 is 0 Å². The van der Waals surface area contributed by atoms with Gasteiger partial charge in [-0.05, 0) is 61.1 Å². The lowest BCUT2D eigenvalue weighted by Gasteiger charge is -2.36. The number of rotatable bonds is 5. The Labute approximate surface area is 179 Å². The first-order chi connectivity index (χ1) is 14.8. The Bertz CT molecular complexity index is 994. The highest BCUT2D eigenvalue weighted by molar-refractivity contribution is 7.16. The van der Waals surface area contributed by atoms with Crippen LogP contribution in [0.2, 0.25) is 0 Å². The summed E-state index contributed by atoms with van der Waals surface area (Å²) in [6, 6.07) is 7.69. The second-order valence-corrected chi connectivity index (χ2v) is 8.82. The third-order valence-corrected chi connectivity index (χ3v) is 7.11. The molecule has 0 aromatic carbocycles. The Morgan fingerprint density at radius 3 is 2.70 bits per heavy atom. The molecule has 2 aliphatic rings. The van der Waals surface area contributed by atoms with Crippen molar-refractivity contribution in [3.63, 3.8) is 0 Å². The molecule has 1 amide bonds. The summed E-state index contributed by atoms with van der Waals surface area (Å²) < 4.78 is 11.0. The maximum Gasteiger partial charge on any atom is 0.291 e. The van der Waals surface area contributed by atoms with Crippen molar-refractivity contribution in [3.8, 4) is 0 Å². The summed E-state index contributed by atoms with van der Waals surface area (Å²) in [5.74, 6) is 0.134. The highest BCUT2D eigenvalue weighted by Gasteiger charge is 2.33. The van der Waals surface area contributed by atoms with Gasteiger partial charge in [0.25, 0.3) is 5.91 Å². The van der Waals surface area contributed by atoms with E-state index in [1.807, 2.05) is 12.4 Å². The fraction of sp³-hybridized carbons (Fsp3) is 0.391. The first-order valence-electron chi connectivity index (χ1n) is 10.5. The number of hydrogen-bond acceptors (Lipinski definition) is 6. The van der Waals surface area contributed by atoms with Crippen LogP contribution < -0.4 is 5.32 Å². The van der Waals surface area contributed by atoms with Crippen LogP contribution in [0.1, 0.15) is 51.0 Å². The van der Waals surface area contributed by atoms with Gasteiger partial charge < -0.3 is 14.5 Å². The van der Waals surface area contributed by atoms with Crippen molar-refractivity contribution in [1.29, 1.82) is 0 Å². The molecular weight excluding hydrogens is 398 g/mol. The second-order valence-electron chi connectivity index (χ2n) is 7.72. The van der Waals surface area contributed by atoms with Crippen molar-refractivity contribution in [1.82, 2.24) is 9.88 Å². The van der Waals surface area contributed by atoms with Crippen LogP contribution in [0.25, 0.3) is 0 Å². The van der Waals surface area contributed by atoms with Crippen molar-refractivity contribution < 1.29 is 13.9 Å². The van der Waals surface area contributed by atoms with Gasteiger partial charge in [-0.15, -0.1) is 11.3 Å². The summed E-state index contributed by atoms with van der Waals surface area (Å²) in [6.07, 6.45) is 9.76. The van der Waals surface area contributed by atoms with Crippen LogP contribution in [0, 0.1) is 0 Å². The third-order valence-electron chi connectivity index (χ3n) is 5.89. The lowest BCUT2D eigenvalue weighted by molar-refractivity contribution is 0.0239. The number of nitrogens with zero attached hydrogens (tertiary/aromatic N) is 2. The molecular formula is C23H25N3O3S. The number of aromatic nitrogens is 1.